The van der Waals surface area contributed by atoms with E-state index in [1.54, 1.807) is 24.3 Å². The number of carbonyl (C=O) groups excluding carboxylic acids is 1. The van der Waals surface area contributed by atoms with Crippen LogP contribution in [0.15, 0.2) is 24.3 Å². The maximum absolute atomic E-state index is 13.3. The SMILES string of the molecule is CCCC(CCC)(C(=O)c1ccc(O)cc1)N1CCOCC1. The number of aromatic hydroxyl groups is 1. The highest BCUT2D eigenvalue weighted by molar-refractivity contribution is 6.03. The fraction of sp³-hybridized carbons (Fsp3) is 0.611. The van der Waals surface area contributed by atoms with Crippen LogP contribution in [0.3, 0.4) is 0 Å². The van der Waals surface area contributed by atoms with E-state index in [9.17, 15) is 9.90 Å². The Morgan fingerprint density at radius 1 is 1.14 bits per heavy atom. The summed E-state index contributed by atoms with van der Waals surface area (Å²) in [6, 6.07) is 6.65. The Hall–Kier alpha value is -1.39. The third-order valence-electron chi connectivity index (χ3n) is 4.50. The van der Waals surface area contributed by atoms with Crippen LogP contribution in [0.5, 0.6) is 5.75 Å². The van der Waals surface area contributed by atoms with Gasteiger partial charge >= 0.3 is 0 Å². The van der Waals surface area contributed by atoms with Crippen molar-refractivity contribution in [2.75, 3.05) is 26.3 Å². The fourth-order valence-corrected chi connectivity index (χ4v) is 3.51. The van der Waals surface area contributed by atoms with Gasteiger partial charge in [-0.25, -0.2) is 0 Å². The molecule has 1 N–H and O–H groups in total. The summed E-state index contributed by atoms with van der Waals surface area (Å²) in [6.45, 7) is 7.27. The quantitative estimate of drug-likeness (QED) is 0.786. The zero-order valence-corrected chi connectivity index (χ0v) is 13.7. The number of hydrogen-bond acceptors (Lipinski definition) is 4. The van der Waals surface area contributed by atoms with Gasteiger partial charge in [0.05, 0.1) is 18.8 Å². The second kappa shape index (κ2) is 7.75. The predicted octanol–water partition coefficient (Wildman–Crippen LogP) is 3.25. The van der Waals surface area contributed by atoms with Gasteiger partial charge < -0.3 is 9.84 Å². The normalized spacial score (nSPS) is 16.6. The maximum Gasteiger partial charge on any atom is 0.183 e. The summed E-state index contributed by atoms with van der Waals surface area (Å²) in [7, 11) is 0. The van der Waals surface area contributed by atoms with E-state index in [0.717, 1.165) is 38.8 Å². The minimum atomic E-state index is -0.440. The van der Waals surface area contributed by atoms with Crippen molar-refractivity contribution in [1.29, 1.82) is 0 Å². The lowest BCUT2D eigenvalue weighted by Crippen LogP contribution is -2.58. The number of phenols is 1. The van der Waals surface area contributed by atoms with E-state index in [0.29, 0.717) is 18.8 Å². The molecule has 0 spiro atoms. The molecule has 1 fully saturated rings. The molecule has 1 aromatic carbocycles. The molecular formula is C18H27NO3. The Balaban J connectivity index is 2.36. The topological polar surface area (TPSA) is 49.8 Å². The minimum Gasteiger partial charge on any atom is -0.508 e. The van der Waals surface area contributed by atoms with Gasteiger partial charge in [-0.1, -0.05) is 26.7 Å². The number of benzene rings is 1. The summed E-state index contributed by atoms with van der Waals surface area (Å²) >= 11 is 0. The van der Waals surface area contributed by atoms with Crippen LogP contribution >= 0.6 is 0 Å². The molecular weight excluding hydrogens is 278 g/mol. The lowest BCUT2D eigenvalue weighted by atomic mass is 9.79. The molecule has 1 aliphatic heterocycles. The molecule has 4 heteroatoms. The van der Waals surface area contributed by atoms with Gasteiger partial charge in [0.2, 0.25) is 0 Å². The number of morpholine rings is 1. The van der Waals surface area contributed by atoms with E-state index in [-0.39, 0.29) is 11.5 Å². The molecule has 0 saturated carbocycles. The third kappa shape index (κ3) is 3.50. The van der Waals surface area contributed by atoms with Crippen molar-refractivity contribution in [2.45, 2.75) is 45.1 Å². The summed E-state index contributed by atoms with van der Waals surface area (Å²) in [5, 5.41) is 9.46. The first kappa shape index (κ1) is 17.0. The number of hydrogen-bond donors (Lipinski definition) is 1. The molecule has 0 aromatic heterocycles. The van der Waals surface area contributed by atoms with Gasteiger partial charge in [-0.05, 0) is 37.1 Å². The van der Waals surface area contributed by atoms with Crippen molar-refractivity contribution in [3.8, 4) is 5.75 Å². The first-order valence-electron chi connectivity index (χ1n) is 8.30. The number of nitrogens with zero attached hydrogens (tertiary/aromatic N) is 1. The van der Waals surface area contributed by atoms with Crippen LogP contribution in [-0.4, -0.2) is 47.6 Å². The van der Waals surface area contributed by atoms with E-state index >= 15 is 0 Å². The molecule has 1 aliphatic rings. The van der Waals surface area contributed by atoms with E-state index < -0.39 is 5.54 Å². The monoisotopic (exact) mass is 305 g/mol. The average Bonchev–Trinajstić information content (AvgIpc) is 2.55. The Labute approximate surface area is 133 Å². The zero-order valence-electron chi connectivity index (χ0n) is 13.7. The molecule has 1 heterocycles. The Morgan fingerprint density at radius 3 is 2.18 bits per heavy atom. The standard InChI is InChI=1S/C18H27NO3/c1-3-9-18(10-4-2,19-11-13-22-14-12-19)17(21)15-5-7-16(20)8-6-15/h5-8,20H,3-4,9-14H2,1-2H3. The van der Waals surface area contributed by atoms with Crippen LogP contribution in [-0.2, 0) is 4.74 Å². The van der Waals surface area contributed by atoms with Gasteiger partial charge in [-0.15, -0.1) is 0 Å². The largest absolute Gasteiger partial charge is 0.508 e. The van der Waals surface area contributed by atoms with E-state index in [1.165, 1.54) is 0 Å². The zero-order chi connectivity index (χ0) is 16.0. The van der Waals surface area contributed by atoms with Crippen LogP contribution in [0.4, 0.5) is 0 Å². The average molecular weight is 305 g/mol. The summed E-state index contributed by atoms with van der Waals surface area (Å²) < 4.78 is 5.47. The molecule has 0 amide bonds. The van der Waals surface area contributed by atoms with E-state index in [2.05, 4.69) is 18.7 Å². The Bertz CT molecular complexity index is 472. The van der Waals surface area contributed by atoms with Crippen LogP contribution in [0.1, 0.15) is 49.9 Å². The van der Waals surface area contributed by atoms with Gasteiger partial charge in [0.15, 0.2) is 5.78 Å². The summed E-state index contributed by atoms with van der Waals surface area (Å²) in [5.74, 6) is 0.373. The molecule has 0 bridgehead atoms. The highest BCUT2D eigenvalue weighted by Crippen LogP contribution is 2.32. The van der Waals surface area contributed by atoms with Crippen molar-refractivity contribution in [3.63, 3.8) is 0 Å². The minimum absolute atomic E-state index is 0.179. The molecule has 1 aromatic rings. The van der Waals surface area contributed by atoms with Gasteiger partial charge in [0.1, 0.15) is 5.75 Å². The molecule has 22 heavy (non-hydrogen) atoms. The number of phenolic OH excluding ortho intramolecular Hbond substituents is 1. The number of carbonyl (C=O) groups is 1. The van der Waals surface area contributed by atoms with Crippen molar-refractivity contribution in [2.24, 2.45) is 0 Å². The molecule has 122 valence electrons. The van der Waals surface area contributed by atoms with Crippen LogP contribution in [0, 0.1) is 0 Å². The number of ether oxygens (including phenoxy) is 1. The second-order valence-electron chi connectivity index (χ2n) is 6.01. The summed E-state index contributed by atoms with van der Waals surface area (Å²) in [4.78, 5) is 15.6. The van der Waals surface area contributed by atoms with Crippen molar-refractivity contribution in [3.05, 3.63) is 29.8 Å². The predicted molar refractivity (Wildman–Crippen MR) is 87.4 cm³/mol. The molecule has 0 atom stereocenters. The van der Waals surface area contributed by atoms with Gasteiger partial charge in [-0.3, -0.25) is 9.69 Å². The molecule has 0 aliphatic carbocycles. The highest BCUT2D eigenvalue weighted by atomic mass is 16.5. The number of rotatable bonds is 7. The van der Waals surface area contributed by atoms with Crippen molar-refractivity contribution >= 4 is 5.78 Å². The molecule has 0 radical (unpaired) electrons. The first-order chi connectivity index (χ1) is 10.6. The van der Waals surface area contributed by atoms with Crippen molar-refractivity contribution < 1.29 is 14.6 Å². The van der Waals surface area contributed by atoms with Crippen LogP contribution in [0.25, 0.3) is 0 Å². The molecule has 0 unspecified atom stereocenters. The molecule has 4 nitrogen and oxygen atoms in total. The fourth-order valence-electron chi connectivity index (χ4n) is 3.51. The first-order valence-corrected chi connectivity index (χ1v) is 8.30. The Morgan fingerprint density at radius 2 is 1.68 bits per heavy atom. The number of ketones is 1. The second-order valence-corrected chi connectivity index (χ2v) is 6.01. The number of Topliss-reactive ketones (excluding diaryl/α,β-unsaturated/α-hetero) is 1. The summed E-state index contributed by atoms with van der Waals surface area (Å²) in [6.07, 6.45) is 3.67. The van der Waals surface area contributed by atoms with E-state index in [1.807, 2.05) is 0 Å². The lowest BCUT2D eigenvalue weighted by molar-refractivity contribution is -0.0209. The maximum atomic E-state index is 13.3. The molecule has 2 rings (SSSR count). The third-order valence-corrected chi connectivity index (χ3v) is 4.50. The van der Waals surface area contributed by atoms with Crippen molar-refractivity contribution in [1.82, 2.24) is 4.90 Å². The van der Waals surface area contributed by atoms with E-state index in [4.69, 9.17) is 4.74 Å². The highest BCUT2D eigenvalue weighted by Gasteiger charge is 2.43. The van der Waals surface area contributed by atoms with Gasteiger partial charge in [0.25, 0.3) is 0 Å². The van der Waals surface area contributed by atoms with Gasteiger partial charge in [-0.2, -0.15) is 0 Å². The lowest BCUT2D eigenvalue weighted by Gasteiger charge is -2.44. The van der Waals surface area contributed by atoms with Gasteiger partial charge in [0, 0.05) is 18.7 Å². The smallest absolute Gasteiger partial charge is 0.183 e. The van der Waals surface area contributed by atoms with Crippen LogP contribution in [0.2, 0.25) is 0 Å². The summed E-state index contributed by atoms with van der Waals surface area (Å²) in [5.41, 5.74) is 0.246. The Kier molecular flexibility index (Phi) is 5.98. The van der Waals surface area contributed by atoms with Crippen LogP contribution < -0.4 is 0 Å². The molecule has 1 saturated heterocycles.